The lowest BCUT2D eigenvalue weighted by molar-refractivity contribution is -0.148. The fraction of sp³-hybridized carbons (Fsp3) is 0.562. The SMILES string of the molecule is CCCS(=O)(=O)N1CCCC1C(=O)OCc1cccc(C(F)(F)F)c1. The zero-order chi connectivity index (χ0) is 18.7. The summed E-state index contributed by atoms with van der Waals surface area (Å²) in [6.07, 6.45) is -3.14. The van der Waals surface area contributed by atoms with Gasteiger partial charge in [0.2, 0.25) is 10.0 Å². The zero-order valence-corrected chi connectivity index (χ0v) is 14.6. The molecule has 0 radical (unpaired) electrons. The first kappa shape index (κ1) is 19.7. The van der Waals surface area contributed by atoms with E-state index in [1.54, 1.807) is 6.92 Å². The van der Waals surface area contributed by atoms with Crippen LogP contribution in [0.15, 0.2) is 24.3 Å². The minimum Gasteiger partial charge on any atom is -0.460 e. The van der Waals surface area contributed by atoms with Crippen molar-refractivity contribution in [2.24, 2.45) is 0 Å². The van der Waals surface area contributed by atoms with Crippen LogP contribution in [0.25, 0.3) is 0 Å². The molecule has 1 aliphatic rings. The molecule has 25 heavy (non-hydrogen) atoms. The third-order valence-corrected chi connectivity index (χ3v) is 6.01. The number of alkyl halides is 3. The second-order valence-corrected chi connectivity index (χ2v) is 7.93. The molecule has 5 nitrogen and oxygen atoms in total. The molecule has 0 bridgehead atoms. The summed E-state index contributed by atoms with van der Waals surface area (Å²) in [5, 5.41) is 0. The third-order valence-electron chi connectivity index (χ3n) is 3.93. The Morgan fingerprint density at radius 3 is 2.72 bits per heavy atom. The number of hydrogen-bond donors (Lipinski definition) is 0. The van der Waals surface area contributed by atoms with Crippen molar-refractivity contribution in [3.63, 3.8) is 0 Å². The summed E-state index contributed by atoms with van der Waals surface area (Å²) in [5.74, 6) is -0.778. The van der Waals surface area contributed by atoms with Crippen molar-refractivity contribution in [3.8, 4) is 0 Å². The van der Waals surface area contributed by atoms with E-state index < -0.39 is 33.8 Å². The summed E-state index contributed by atoms with van der Waals surface area (Å²) < 4.78 is 68.6. The molecule has 1 atom stereocenters. The number of ether oxygens (including phenoxy) is 1. The molecule has 140 valence electrons. The fourth-order valence-electron chi connectivity index (χ4n) is 2.77. The van der Waals surface area contributed by atoms with Crippen LogP contribution in [0.3, 0.4) is 0 Å². The Bertz CT molecular complexity index is 718. The van der Waals surface area contributed by atoms with Gasteiger partial charge in [-0.15, -0.1) is 0 Å². The number of carbonyl (C=O) groups is 1. The van der Waals surface area contributed by atoms with Gasteiger partial charge in [-0.25, -0.2) is 8.42 Å². The van der Waals surface area contributed by atoms with E-state index in [2.05, 4.69) is 0 Å². The van der Waals surface area contributed by atoms with Gasteiger partial charge in [0.15, 0.2) is 0 Å². The minimum atomic E-state index is -4.48. The molecule has 1 fully saturated rings. The Morgan fingerprint density at radius 1 is 1.36 bits per heavy atom. The molecular weight excluding hydrogens is 359 g/mol. The molecule has 1 aromatic carbocycles. The molecule has 0 N–H and O–H groups in total. The van der Waals surface area contributed by atoms with Gasteiger partial charge in [-0.2, -0.15) is 17.5 Å². The van der Waals surface area contributed by atoms with Crippen LogP contribution in [-0.4, -0.2) is 37.0 Å². The number of halogens is 3. The van der Waals surface area contributed by atoms with Crippen molar-refractivity contribution in [3.05, 3.63) is 35.4 Å². The molecule has 9 heteroatoms. The summed E-state index contributed by atoms with van der Waals surface area (Å²) in [4.78, 5) is 12.2. The van der Waals surface area contributed by atoms with E-state index in [1.165, 1.54) is 12.1 Å². The average molecular weight is 379 g/mol. The monoisotopic (exact) mass is 379 g/mol. The van der Waals surface area contributed by atoms with Crippen LogP contribution in [0.5, 0.6) is 0 Å². The number of hydrogen-bond acceptors (Lipinski definition) is 4. The highest BCUT2D eigenvalue weighted by molar-refractivity contribution is 7.89. The summed E-state index contributed by atoms with van der Waals surface area (Å²) in [5.41, 5.74) is -0.627. The van der Waals surface area contributed by atoms with Crippen LogP contribution < -0.4 is 0 Å². The van der Waals surface area contributed by atoms with E-state index >= 15 is 0 Å². The van der Waals surface area contributed by atoms with E-state index in [-0.39, 0.29) is 24.5 Å². The molecule has 1 unspecified atom stereocenters. The van der Waals surface area contributed by atoms with Crippen LogP contribution in [-0.2, 0) is 32.3 Å². The Labute approximate surface area is 144 Å². The molecule has 0 amide bonds. The van der Waals surface area contributed by atoms with Crippen LogP contribution in [0, 0.1) is 0 Å². The predicted octanol–water partition coefficient (Wildman–Crippen LogP) is 2.95. The second-order valence-electron chi connectivity index (χ2n) is 5.89. The third kappa shape index (κ3) is 4.94. The van der Waals surface area contributed by atoms with E-state index in [4.69, 9.17) is 4.74 Å². The number of carbonyl (C=O) groups excluding carboxylic acids is 1. The lowest BCUT2D eigenvalue weighted by atomic mass is 10.1. The maximum absolute atomic E-state index is 12.7. The first-order chi connectivity index (χ1) is 11.6. The highest BCUT2D eigenvalue weighted by atomic mass is 32.2. The quantitative estimate of drug-likeness (QED) is 0.713. The second kappa shape index (κ2) is 7.74. The van der Waals surface area contributed by atoms with E-state index in [9.17, 15) is 26.4 Å². The number of benzene rings is 1. The molecule has 0 spiro atoms. The van der Waals surface area contributed by atoms with Crippen LogP contribution in [0.4, 0.5) is 13.2 Å². The lowest BCUT2D eigenvalue weighted by Crippen LogP contribution is -2.42. The Morgan fingerprint density at radius 2 is 2.08 bits per heavy atom. The van der Waals surface area contributed by atoms with Gasteiger partial charge >= 0.3 is 12.1 Å². The van der Waals surface area contributed by atoms with Crippen molar-refractivity contribution < 1.29 is 31.1 Å². The normalized spacial score (nSPS) is 19.1. The molecule has 1 heterocycles. The largest absolute Gasteiger partial charge is 0.460 e. The van der Waals surface area contributed by atoms with Gasteiger partial charge in [-0.1, -0.05) is 19.1 Å². The topological polar surface area (TPSA) is 63.7 Å². The number of rotatable bonds is 6. The lowest BCUT2D eigenvalue weighted by Gasteiger charge is -2.22. The van der Waals surface area contributed by atoms with Gasteiger partial charge in [0.25, 0.3) is 0 Å². The summed E-state index contributed by atoms with van der Waals surface area (Å²) in [7, 11) is -3.53. The van der Waals surface area contributed by atoms with Crippen LogP contribution in [0.2, 0.25) is 0 Å². The molecule has 0 aliphatic carbocycles. The average Bonchev–Trinajstić information content (AvgIpc) is 3.03. The van der Waals surface area contributed by atoms with Crippen molar-refractivity contribution in [2.45, 2.75) is 45.0 Å². The van der Waals surface area contributed by atoms with Crippen molar-refractivity contribution in [2.75, 3.05) is 12.3 Å². The van der Waals surface area contributed by atoms with Crippen molar-refractivity contribution in [1.82, 2.24) is 4.31 Å². The highest BCUT2D eigenvalue weighted by Crippen LogP contribution is 2.30. The first-order valence-corrected chi connectivity index (χ1v) is 9.58. The van der Waals surface area contributed by atoms with E-state index in [0.717, 1.165) is 16.4 Å². The minimum absolute atomic E-state index is 0.0512. The fourth-order valence-corrected chi connectivity index (χ4v) is 4.51. The number of nitrogens with zero attached hydrogens (tertiary/aromatic N) is 1. The van der Waals surface area contributed by atoms with Gasteiger partial charge in [0.1, 0.15) is 12.6 Å². The molecule has 1 aliphatic heterocycles. The molecular formula is C16H20F3NO4S. The van der Waals surface area contributed by atoms with Gasteiger partial charge in [-0.05, 0) is 37.0 Å². The predicted molar refractivity (Wildman–Crippen MR) is 85.0 cm³/mol. The van der Waals surface area contributed by atoms with Crippen molar-refractivity contribution in [1.29, 1.82) is 0 Å². The van der Waals surface area contributed by atoms with E-state index in [0.29, 0.717) is 19.3 Å². The molecule has 0 saturated carbocycles. The molecule has 2 rings (SSSR count). The highest BCUT2D eigenvalue weighted by Gasteiger charge is 2.39. The van der Waals surface area contributed by atoms with Crippen LogP contribution >= 0.6 is 0 Å². The van der Waals surface area contributed by atoms with Gasteiger partial charge < -0.3 is 4.74 Å². The van der Waals surface area contributed by atoms with Gasteiger partial charge in [0.05, 0.1) is 11.3 Å². The van der Waals surface area contributed by atoms with Crippen LogP contribution in [0.1, 0.15) is 37.3 Å². The Kier molecular flexibility index (Phi) is 6.10. The van der Waals surface area contributed by atoms with E-state index in [1.807, 2.05) is 0 Å². The maximum atomic E-state index is 12.7. The molecule has 1 saturated heterocycles. The van der Waals surface area contributed by atoms with Gasteiger partial charge in [0, 0.05) is 6.54 Å². The zero-order valence-electron chi connectivity index (χ0n) is 13.8. The Balaban J connectivity index is 2.03. The van der Waals surface area contributed by atoms with Crippen molar-refractivity contribution >= 4 is 16.0 Å². The first-order valence-electron chi connectivity index (χ1n) is 7.97. The molecule has 0 aromatic heterocycles. The standard InChI is InChI=1S/C16H20F3NO4S/c1-2-9-25(22,23)20-8-4-7-14(20)15(21)24-11-12-5-3-6-13(10-12)16(17,18)19/h3,5-6,10,14H,2,4,7-9,11H2,1H3. The smallest absolute Gasteiger partial charge is 0.416 e. The van der Waals surface area contributed by atoms with Gasteiger partial charge in [-0.3, -0.25) is 4.79 Å². The summed E-state index contributed by atoms with van der Waals surface area (Å²) in [6, 6.07) is 3.60. The summed E-state index contributed by atoms with van der Waals surface area (Å²) >= 11 is 0. The maximum Gasteiger partial charge on any atom is 0.416 e. The molecule has 1 aromatic rings. The summed E-state index contributed by atoms with van der Waals surface area (Å²) in [6.45, 7) is 1.65. The number of sulfonamides is 1. The number of esters is 1. The Hall–Kier alpha value is -1.61.